The van der Waals surface area contributed by atoms with Gasteiger partial charge in [0.2, 0.25) is 0 Å². The van der Waals surface area contributed by atoms with E-state index in [0.717, 1.165) is 26.1 Å². The van der Waals surface area contributed by atoms with Gasteiger partial charge in [-0.2, -0.15) is 5.26 Å². The van der Waals surface area contributed by atoms with Gasteiger partial charge in [-0.25, -0.2) is 0 Å². The molecule has 0 aromatic rings. The van der Waals surface area contributed by atoms with Crippen molar-refractivity contribution in [1.82, 2.24) is 4.90 Å². The minimum atomic E-state index is 0.355. The standard InChI is InChI=1S/C14H22N2O/c15-8-7-14(5-6-14)11-16-9-10-17-13-4-2-1-3-12(13)16/h12-13H,1-7,9-11H2. The van der Waals surface area contributed by atoms with Crippen molar-refractivity contribution >= 4 is 0 Å². The highest BCUT2D eigenvalue weighted by Crippen LogP contribution is 2.50. The van der Waals surface area contributed by atoms with Gasteiger partial charge >= 0.3 is 0 Å². The lowest BCUT2D eigenvalue weighted by Crippen LogP contribution is -2.54. The van der Waals surface area contributed by atoms with Crippen molar-refractivity contribution in [1.29, 1.82) is 5.26 Å². The average molecular weight is 234 g/mol. The monoisotopic (exact) mass is 234 g/mol. The van der Waals surface area contributed by atoms with Crippen LogP contribution in [0.1, 0.15) is 44.9 Å². The second kappa shape index (κ2) is 4.59. The molecular weight excluding hydrogens is 212 g/mol. The molecule has 2 unspecified atom stereocenters. The van der Waals surface area contributed by atoms with E-state index < -0.39 is 0 Å². The zero-order valence-corrected chi connectivity index (χ0v) is 10.5. The van der Waals surface area contributed by atoms with Gasteiger partial charge in [0.25, 0.3) is 0 Å². The highest BCUT2D eigenvalue weighted by atomic mass is 16.5. The molecule has 2 aliphatic carbocycles. The fourth-order valence-electron chi connectivity index (χ4n) is 3.54. The minimum Gasteiger partial charge on any atom is -0.375 e. The molecule has 0 bridgehead atoms. The molecule has 94 valence electrons. The van der Waals surface area contributed by atoms with Crippen LogP contribution in [0.2, 0.25) is 0 Å². The van der Waals surface area contributed by atoms with Crippen molar-refractivity contribution < 1.29 is 4.74 Å². The van der Waals surface area contributed by atoms with Gasteiger partial charge in [-0.05, 0) is 31.1 Å². The fourth-order valence-corrected chi connectivity index (χ4v) is 3.54. The Balaban J connectivity index is 1.64. The van der Waals surface area contributed by atoms with Crippen LogP contribution in [-0.2, 0) is 4.74 Å². The number of fused-ring (bicyclic) bond motifs is 1. The summed E-state index contributed by atoms with van der Waals surface area (Å²) >= 11 is 0. The van der Waals surface area contributed by atoms with Gasteiger partial charge in [0.15, 0.2) is 0 Å². The predicted octanol–water partition coefficient (Wildman–Crippen LogP) is 2.32. The summed E-state index contributed by atoms with van der Waals surface area (Å²) in [7, 11) is 0. The first-order chi connectivity index (χ1) is 8.33. The molecule has 0 N–H and O–H groups in total. The van der Waals surface area contributed by atoms with E-state index in [-0.39, 0.29) is 0 Å². The van der Waals surface area contributed by atoms with Gasteiger partial charge in [0.1, 0.15) is 0 Å². The molecule has 1 saturated heterocycles. The normalized spacial score (nSPS) is 35.9. The summed E-state index contributed by atoms with van der Waals surface area (Å²) < 4.78 is 5.90. The van der Waals surface area contributed by atoms with E-state index in [1.807, 2.05) is 0 Å². The first-order valence-electron chi connectivity index (χ1n) is 7.06. The fraction of sp³-hybridized carbons (Fsp3) is 0.929. The average Bonchev–Trinajstić information content (AvgIpc) is 3.10. The summed E-state index contributed by atoms with van der Waals surface area (Å²) in [6.07, 6.45) is 8.98. The van der Waals surface area contributed by atoms with Crippen molar-refractivity contribution in [3.05, 3.63) is 0 Å². The van der Waals surface area contributed by atoms with Gasteiger partial charge in [-0.15, -0.1) is 0 Å². The van der Waals surface area contributed by atoms with Crippen LogP contribution < -0.4 is 0 Å². The molecule has 3 fully saturated rings. The number of hydrogen-bond donors (Lipinski definition) is 0. The molecule has 17 heavy (non-hydrogen) atoms. The Hall–Kier alpha value is -0.590. The van der Waals surface area contributed by atoms with E-state index >= 15 is 0 Å². The first-order valence-corrected chi connectivity index (χ1v) is 7.06. The molecule has 2 atom stereocenters. The van der Waals surface area contributed by atoms with Crippen LogP contribution in [-0.4, -0.2) is 36.7 Å². The third-order valence-corrected chi connectivity index (χ3v) is 4.80. The Morgan fingerprint density at radius 1 is 1.29 bits per heavy atom. The number of rotatable bonds is 3. The van der Waals surface area contributed by atoms with Crippen LogP contribution in [0.25, 0.3) is 0 Å². The maximum Gasteiger partial charge on any atom is 0.0730 e. The van der Waals surface area contributed by atoms with Crippen LogP contribution >= 0.6 is 0 Å². The molecule has 0 radical (unpaired) electrons. The maximum absolute atomic E-state index is 8.91. The molecule has 3 nitrogen and oxygen atoms in total. The molecule has 3 heteroatoms. The molecule has 3 aliphatic rings. The van der Waals surface area contributed by atoms with Gasteiger partial charge in [0, 0.05) is 25.6 Å². The Kier molecular flexibility index (Phi) is 3.10. The Labute approximate surface area is 104 Å². The van der Waals surface area contributed by atoms with E-state index in [1.165, 1.54) is 38.5 Å². The van der Waals surface area contributed by atoms with E-state index in [2.05, 4.69) is 11.0 Å². The lowest BCUT2D eigenvalue weighted by molar-refractivity contribution is -0.0931. The largest absolute Gasteiger partial charge is 0.375 e. The van der Waals surface area contributed by atoms with Crippen LogP contribution in [0.15, 0.2) is 0 Å². The summed E-state index contributed by atoms with van der Waals surface area (Å²) in [5.74, 6) is 0. The molecule has 0 amide bonds. The van der Waals surface area contributed by atoms with Gasteiger partial charge in [-0.1, -0.05) is 12.8 Å². The molecule has 1 aliphatic heterocycles. The Bertz CT molecular complexity index is 317. The molecule has 0 aromatic heterocycles. The van der Waals surface area contributed by atoms with E-state index in [1.54, 1.807) is 0 Å². The number of hydrogen-bond acceptors (Lipinski definition) is 3. The van der Waals surface area contributed by atoms with Crippen molar-refractivity contribution in [3.8, 4) is 6.07 Å². The minimum absolute atomic E-state index is 0.355. The van der Waals surface area contributed by atoms with Gasteiger partial charge < -0.3 is 4.74 Å². The highest BCUT2D eigenvalue weighted by Gasteiger charge is 2.46. The molecule has 0 aromatic carbocycles. The predicted molar refractivity (Wildman–Crippen MR) is 65.5 cm³/mol. The summed E-state index contributed by atoms with van der Waals surface area (Å²) in [5.41, 5.74) is 0.355. The maximum atomic E-state index is 8.91. The van der Waals surface area contributed by atoms with E-state index in [4.69, 9.17) is 10.00 Å². The van der Waals surface area contributed by atoms with E-state index in [0.29, 0.717) is 17.6 Å². The second-order valence-corrected chi connectivity index (χ2v) is 6.07. The SMILES string of the molecule is N#CCC1(CN2CCOC3CCCCC32)CC1. The van der Waals surface area contributed by atoms with Crippen LogP contribution in [0, 0.1) is 16.7 Å². The number of ether oxygens (including phenoxy) is 1. The third kappa shape index (κ3) is 2.34. The molecular formula is C14H22N2O. The van der Waals surface area contributed by atoms with Crippen molar-refractivity contribution in [2.75, 3.05) is 19.7 Å². The van der Waals surface area contributed by atoms with Crippen LogP contribution in [0.5, 0.6) is 0 Å². The molecule has 1 heterocycles. The van der Waals surface area contributed by atoms with Crippen molar-refractivity contribution in [2.45, 2.75) is 57.1 Å². The molecule has 0 spiro atoms. The second-order valence-electron chi connectivity index (χ2n) is 6.07. The summed E-state index contributed by atoms with van der Waals surface area (Å²) in [5, 5.41) is 8.91. The first kappa shape index (κ1) is 11.5. The lowest BCUT2D eigenvalue weighted by Gasteiger charge is -2.45. The Morgan fingerprint density at radius 3 is 2.88 bits per heavy atom. The summed E-state index contributed by atoms with van der Waals surface area (Å²) in [6, 6.07) is 3.02. The van der Waals surface area contributed by atoms with Gasteiger partial charge in [-0.3, -0.25) is 4.90 Å². The molecule has 2 saturated carbocycles. The Morgan fingerprint density at radius 2 is 2.12 bits per heavy atom. The van der Waals surface area contributed by atoms with Crippen molar-refractivity contribution in [2.24, 2.45) is 5.41 Å². The zero-order valence-electron chi connectivity index (χ0n) is 10.5. The van der Waals surface area contributed by atoms with E-state index in [9.17, 15) is 0 Å². The zero-order chi connectivity index (χ0) is 11.7. The van der Waals surface area contributed by atoms with Crippen LogP contribution in [0.3, 0.4) is 0 Å². The third-order valence-electron chi connectivity index (χ3n) is 4.80. The number of nitriles is 1. The molecule has 3 rings (SSSR count). The summed E-state index contributed by atoms with van der Waals surface area (Å²) in [4.78, 5) is 2.64. The number of morpholine rings is 1. The smallest absolute Gasteiger partial charge is 0.0730 e. The lowest BCUT2D eigenvalue weighted by atomic mass is 9.89. The van der Waals surface area contributed by atoms with Gasteiger partial charge in [0.05, 0.1) is 18.8 Å². The van der Waals surface area contributed by atoms with Crippen molar-refractivity contribution in [3.63, 3.8) is 0 Å². The number of nitrogens with zero attached hydrogens (tertiary/aromatic N) is 2. The van der Waals surface area contributed by atoms with Crippen LogP contribution in [0.4, 0.5) is 0 Å². The quantitative estimate of drug-likeness (QED) is 0.752. The highest BCUT2D eigenvalue weighted by molar-refractivity contribution is 5.03. The topological polar surface area (TPSA) is 36.3 Å². The summed E-state index contributed by atoms with van der Waals surface area (Å²) in [6.45, 7) is 3.11.